The van der Waals surface area contributed by atoms with E-state index >= 15 is 0 Å². The molecular formula is C35H58N6O8S2. The molecule has 5 fully saturated rings. The Labute approximate surface area is 303 Å². The van der Waals surface area contributed by atoms with Crippen LogP contribution in [0.5, 0.6) is 0 Å². The average molecular weight is 755 g/mol. The van der Waals surface area contributed by atoms with Crippen molar-refractivity contribution < 1.29 is 36.0 Å². The highest BCUT2D eigenvalue weighted by Crippen LogP contribution is 2.88. The van der Waals surface area contributed by atoms with Crippen molar-refractivity contribution in [2.24, 2.45) is 33.0 Å². The minimum absolute atomic E-state index is 0.0491. The van der Waals surface area contributed by atoms with Crippen molar-refractivity contribution >= 4 is 43.9 Å². The van der Waals surface area contributed by atoms with Gasteiger partial charge in [-0.25, -0.2) is 8.42 Å². The molecule has 5 rings (SSSR count). The molecule has 5 aliphatic rings. The van der Waals surface area contributed by atoms with Crippen LogP contribution in [0.2, 0.25) is 0 Å². The van der Waals surface area contributed by atoms with E-state index in [1.54, 1.807) is 41.5 Å². The number of hydrogen-bond donors (Lipinski definition) is 4. The summed E-state index contributed by atoms with van der Waals surface area (Å²) in [7, 11) is -5.21. The molecule has 0 aromatic rings. The first-order chi connectivity index (χ1) is 23.1. The molecule has 0 aromatic heterocycles. The quantitative estimate of drug-likeness (QED) is 0.217. The van der Waals surface area contributed by atoms with Crippen LogP contribution >= 0.6 is 0 Å². The van der Waals surface area contributed by atoms with Gasteiger partial charge in [0.2, 0.25) is 27.7 Å². The largest absolute Gasteiger partial charge is 0.342 e. The molecule has 14 nitrogen and oxygen atoms in total. The Hall–Kier alpha value is -2.56. The average Bonchev–Trinajstić information content (AvgIpc) is 3.90. The van der Waals surface area contributed by atoms with Gasteiger partial charge >= 0.3 is 0 Å². The highest BCUT2D eigenvalue weighted by atomic mass is 32.2. The van der Waals surface area contributed by atoms with Crippen LogP contribution < -0.4 is 20.1 Å². The van der Waals surface area contributed by atoms with Gasteiger partial charge in [-0.15, -0.1) is 6.58 Å². The molecule has 4 amide bonds. The molecule has 1 aliphatic heterocycles. The van der Waals surface area contributed by atoms with Crippen molar-refractivity contribution in [3.63, 3.8) is 0 Å². The Bertz CT molecular complexity index is 1720. The van der Waals surface area contributed by atoms with E-state index in [1.807, 2.05) is 0 Å². The normalized spacial score (nSPS) is 30.7. The van der Waals surface area contributed by atoms with E-state index in [2.05, 4.69) is 40.5 Å². The van der Waals surface area contributed by atoms with E-state index in [9.17, 15) is 36.0 Å². The smallest absolute Gasteiger partial charge is 0.279 e. The Morgan fingerprint density at radius 2 is 1.47 bits per heavy atom. The topological polar surface area (TPSA) is 191 Å². The lowest BCUT2D eigenvalue weighted by molar-refractivity contribution is -0.145. The predicted octanol–water partition coefficient (Wildman–Crippen LogP) is 1.79. The van der Waals surface area contributed by atoms with Gasteiger partial charge in [0.15, 0.2) is 0 Å². The first kappa shape index (κ1) is 39.6. The number of nitrogens with one attached hydrogen (secondary N) is 4. The SMILES string of the molecule is C=C[C@@H]1C[C@]1(NC(=O)[C@@H]1C[C@@]2(CN1C(=O)[C@@H](NC(=O)[C@@H](NS(=O)(=O)N(C)C)C(C)(C)C)C(C)(C)C)C(C)(C)C21CCC1)C(=O)NS(=O)(=O)C1CC1. The van der Waals surface area contributed by atoms with Crippen LogP contribution in [0, 0.1) is 33.0 Å². The lowest BCUT2D eigenvalue weighted by atomic mass is 9.73. The zero-order valence-electron chi connectivity index (χ0n) is 31.8. The Morgan fingerprint density at radius 3 is 1.88 bits per heavy atom. The molecule has 4 saturated carbocycles. The third-order valence-corrected chi connectivity index (χ3v) is 16.2. The molecule has 51 heavy (non-hydrogen) atoms. The van der Waals surface area contributed by atoms with E-state index in [-0.39, 0.29) is 29.2 Å². The molecule has 288 valence electrons. The number of sulfonamides is 1. The summed E-state index contributed by atoms with van der Waals surface area (Å²) in [5.74, 6) is -3.04. The van der Waals surface area contributed by atoms with Gasteiger partial charge in [0.1, 0.15) is 23.7 Å². The van der Waals surface area contributed by atoms with Crippen LogP contribution in [-0.2, 0) is 39.4 Å². The summed E-state index contributed by atoms with van der Waals surface area (Å²) in [5.41, 5.74) is -3.84. The predicted molar refractivity (Wildman–Crippen MR) is 192 cm³/mol. The summed E-state index contributed by atoms with van der Waals surface area (Å²) in [6, 6.07) is -3.38. The van der Waals surface area contributed by atoms with Crippen LogP contribution in [0.15, 0.2) is 12.7 Å². The van der Waals surface area contributed by atoms with Crippen molar-refractivity contribution in [1.82, 2.24) is 29.3 Å². The van der Waals surface area contributed by atoms with E-state index in [1.165, 1.54) is 25.1 Å². The van der Waals surface area contributed by atoms with Gasteiger partial charge in [0, 0.05) is 32.0 Å². The fourth-order valence-corrected chi connectivity index (χ4v) is 11.3. The maximum atomic E-state index is 14.9. The van der Waals surface area contributed by atoms with E-state index in [4.69, 9.17) is 0 Å². The standard InChI is InChI=1S/C35H58N6O8S2/c1-12-21-18-35(21,29(45)39-50(46,47)22-14-15-22)37-26(42)23-19-34(32(8,9)33(34)16-13-17-33)20-41(23)28(44)25(31(5,6)7)36-27(43)24(30(2,3)4)38-51(48,49)40(10)11/h12,21-25,38H,1,13-20H2,2-11H3,(H,36,43)(H,37,42)(H,39,45)/t21-,23+,24-,25-,34-,35-/m1/s1. The second-order valence-electron chi connectivity index (χ2n) is 18.5. The summed E-state index contributed by atoms with van der Waals surface area (Å²) in [5, 5.41) is 5.11. The van der Waals surface area contributed by atoms with Crippen molar-refractivity contribution in [3.8, 4) is 0 Å². The van der Waals surface area contributed by atoms with Crippen LogP contribution in [0.4, 0.5) is 0 Å². The molecule has 1 heterocycles. The number of fused-ring (bicyclic) bond motifs is 1. The van der Waals surface area contributed by atoms with Crippen molar-refractivity contribution in [1.29, 1.82) is 0 Å². The van der Waals surface area contributed by atoms with Crippen LogP contribution in [0.25, 0.3) is 0 Å². The number of carbonyl (C=O) groups is 4. The zero-order chi connectivity index (χ0) is 38.5. The van der Waals surface area contributed by atoms with Gasteiger partial charge < -0.3 is 15.5 Å². The Balaban J connectivity index is 1.46. The molecule has 0 bridgehead atoms. The number of likely N-dealkylation sites (tertiary alicyclic amines) is 1. The molecule has 4 N–H and O–H groups in total. The molecule has 4 aliphatic carbocycles. The minimum Gasteiger partial charge on any atom is -0.342 e. The minimum atomic E-state index is -4.02. The Morgan fingerprint density at radius 1 is 0.902 bits per heavy atom. The van der Waals surface area contributed by atoms with Gasteiger partial charge in [-0.2, -0.15) is 17.4 Å². The number of hydrogen-bond acceptors (Lipinski definition) is 8. The third kappa shape index (κ3) is 6.43. The number of nitrogens with zero attached hydrogens (tertiary/aromatic N) is 2. The summed E-state index contributed by atoms with van der Waals surface area (Å²) in [4.78, 5) is 58.4. The van der Waals surface area contributed by atoms with E-state index in [0.29, 0.717) is 19.3 Å². The maximum Gasteiger partial charge on any atom is 0.279 e. The molecule has 1 saturated heterocycles. The molecule has 2 spiro atoms. The Kier molecular flexibility index (Phi) is 9.51. The summed E-state index contributed by atoms with van der Waals surface area (Å²) >= 11 is 0. The summed E-state index contributed by atoms with van der Waals surface area (Å²) in [6.45, 7) is 19.0. The summed E-state index contributed by atoms with van der Waals surface area (Å²) in [6.07, 6.45) is 5.98. The van der Waals surface area contributed by atoms with Gasteiger partial charge in [0.25, 0.3) is 16.1 Å². The second-order valence-corrected chi connectivity index (χ2v) is 22.4. The zero-order valence-corrected chi connectivity index (χ0v) is 33.4. The first-order valence-electron chi connectivity index (χ1n) is 18.0. The van der Waals surface area contributed by atoms with Crippen molar-refractivity contribution in [2.45, 2.75) is 129 Å². The third-order valence-electron chi connectivity index (χ3n) is 12.9. The molecule has 6 atom stereocenters. The lowest BCUT2D eigenvalue weighted by Gasteiger charge is -2.38. The van der Waals surface area contributed by atoms with Gasteiger partial charge in [-0.1, -0.05) is 67.9 Å². The molecule has 16 heteroatoms. The number of amides is 4. The maximum absolute atomic E-state index is 14.9. The first-order valence-corrected chi connectivity index (χ1v) is 20.9. The summed E-state index contributed by atoms with van der Waals surface area (Å²) < 4.78 is 56.7. The fourth-order valence-electron chi connectivity index (χ4n) is 9.00. The van der Waals surface area contributed by atoms with Gasteiger partial charge in [-0.3, -0.25) is 23.9 Å². The molecular weight excluding hydrogens is 697 g/mol. The molecule has 0 aromatic carbocycles. The number of rotatable bonds is 12. The lowest BCUT2D eigenvalue weighted by Crippen LogP contribution is -2.63. The van der Waals surface area contributed by atoms with E-state index in [0.717, 1.165) is 23.6 Å². The molecule has 0 unspecified atom stereocenters. The van der Waals surface area contributed by atoms with Crippen molar-refractivity contribution in [2.75, 3.05) is 20.6 Å². The monoisotopic (exact) mass is 754 g/mol. The fraction of sp³-hybridized carbons (Fsp3) is 0.829. The van der Waals surface area contributed by atoms with E-state index < -0.39 is 89.5 Å². The highest BCUT2D eigenvalue weighted by molar-refractivity contribution is 7.91. The van der Waals surface area contributed by atoms with Crippen LogP contribution in [0.3, 0.4) is 0 Å². The van der Waals surface area contributed by atoms with Crippen LogP contribution in [-0.4, -0.2) is 99.2 Å². The van der Waals surface area contributed by atoms with Crippen LogP contribution in [0.1, 0.15) is 100 Å². The van der Waals surface area contributed by atoms with Crippen molar-refractivity contribution in [3.05, 3.63) is 12.7 Å². The highest BCUT2D eigenvalue weighted by Gasteiger charge is 2.85. The molecule has 0 radical (unpaired) electrons. The van der Waals surface area contributed by atoms with Gasteiger partial charge in [0.05, 0.1) is 5.25 Å². The second kappa shape index (κ2) is 12.2. The number of carbonyl (C=O) groups excluding carboxylic acids is 4. The van der Waals surface area contributed by atoms with Gasteiger partial charge in [-0.05, 0) is 60.2 Å².